The quantitative estimate of drug-likeness (QED) is 0.629. The zero-order valence-corrected chi connectivity index (χ0v) is 15.3. The molecule has 25 heavy (non-hydrogen) atoms. The van der Waals surface area contributed by atoms with Gasteiger partial charge >= 0.3 is 0 Å². The van der Waals surface area contributed by atoms with Crippen LogP contribution in [0.4, 0.5) is 5.13 Å². The lowest BCUT2D eigenvalue weighted by Crippen LogP contribution is -2.17. The van der Waals surface area contributed by atoms with E-state index in [1.54, 1.807) is 29.8 Å². The van der Waals surface area contributed by atoms with E-state index in [-0.39, 0.29) is 23.6 Å². The summed E-state index contributed by atoms with van der Waals surface area (Å²) >= 11 is 13.6. The number of hydrogen-bond donors (Lipinski definition) is 2. The molecule has 0 aliphatic carbocycles. The molecule has 0 spiro atoms. The molecular formula is C16H13Cl2N3O3S. The van der Waals surface area contributed by atoms with Gasteiger partial charge in [-0.2, -0.15) is 0 Å². The number of nitrogens with zero attached hydrogens (tertiary/aromatic N) is 2. The van der Waals surface area contributed by atoms with E-state index in [2.05, 4.69) is 15.3 Å². The molecule has 0 radical (unpaired) electrons. The van der Waals surface area contributed by atoms with E-state index < -0.39 is 11.3 Å². The van der Waals surface area contributed by atoms with Crippen LogP contribution in [0.2, 0.25) is 5.02 Å². The molecule has 0 aliphatic rings. The van der Waals surface area contributed by atoms with E-state index in [0.29, 0.717) is 21.1 Å². The van der Waals surface area contributed by atoms with Crippen LogP contribution >= 0.6 is 34.5 Å². The number of aromatic nitrogens is 2. The summed E-state index contributed by atoms with van der Waals surface area (Å²) in [5.74, 6) is -0.763. The highest BCUT2D eigenvalue weighted by Gasteiger charge is 2.26. The van der Waals surface area contributed by atoms with Crippen LogP contribution in [0.1, 0.15) is 21.4 Å². The molecule has 6 nitrogen and oxygen atoms in total. The summed E-state index contributed by atoms with van der Waals surface area (Å²) in [5, 5.41) is 15.6. The lowest BCUT2D eigenvalue weighted by Gasteiger charge is -2.16. The summed E-state index contributed by atoms with van der Waals surface area (Å²) in [6, 6.07) is 4.81. The standard InChI is InChI=1S/C16H13Cl2N3O3S/c1-24-7-10(18)13-12(15(23)21-16-19-4-5-25-16)14(22)9-3-2-8(17)6-11(9)20-13/h2-6,10H,7H2,1H3,(H,20,22)(H,19,21,23). The Hall–Kier alpha value is -1.93. The highest BCUT2D eigenvalue weighted by molar-refractivity contribution is 7.13. The van der Waals surface area contributed by atoms with E-state index in [4.69, 9.17) is 27.9 Å². The molecule has 1 amide bonds. The van der Waals surface area contributed by atoms with E-state index >= 15 is 0 Å². The normalized spacial score (nSPS) is 12.3. The van der Waals surface area contributed by atoms with Gasteiger partial charge < -0.3 is 9.84 Å². The van der Waals surface area contributed by atoms with E-state index in [1.165, 1.54) is 18.4 Å². The number of hydrogen-bond acceptors (Lipinski definition) is 6. The number of fused-ring (bicyclic) bond motifs is 1. The third-order valence-corrected chi connectivity index (χ3v) is 4.69. The second-order valence-electron chi connectivity index (χ2n) is 5.10. The van der Waals surface area contributed by atoms with Crippen LogP contribution in [0.3, 0.4) is 0 Å². The number of methoxy groups -OCH3 is 1. The minimum atomic E-state index is -0.726. The predicted octanol–water partition coefficient (Wildman–Crippen LogP) is 4.23. The van der Waals surface area contributed by atoms with Gasteiger partial charge in [-0.15, -0.1) is 22.9 Å². The van der Waals surface area contributed by atoms with Crippen molar-refractivity contribution in [3.63, 3.8) is 0 Å². The number of carbonyl (C=O) groups excluding carboxylic acids is 1. The maximum atomic E-state index is 12.7. The second-order valence-corrected chi connectivity index (χ2v) is 6.95. The monoisotopic (exact) mass is 397 g/mol. The molecular weight excluding hydrogens is 385 g/mol. The maximum Gasteiger partial charge on any atom is 0.263 e. The molecule has 2 aromatic heterocycles. The molecule has 9 heteroatoms. The zero-order chi connectivity index (χ0) is 18.0. The summed E-state index contributed by atoms with van der Waals surface area (Å²) in [6.45, 7) is 0.123. The second kappa shape index (κ2) is 7.53. The molecule has 0 saturated carbocycles. The number of aromatic hydroxyl groups is 1. The van der Waals surface area contributed by atoms with Crippen LogP contribution in [-0.4, -0.2) is 34.7 Å². The summed E-state index contributed by atoms with van der Waals surface area (Å²) in [6.07, 6.45) is 1.57. The van der Waals surface area contributed by atoms with E-state index in [1.807, 2.05) is 0 Å². The first-order valence-electron chi connectivity index (χ1n) is 7.17. The van der Waals surface area contributed by atoms with Gasteiger partial charge in [0.1, 0.15) is 11.3 Å². The van der Waals surface area contributed by atoms with Crippen molar-refractivity contribution in [1.82, 2.24) is 9.97 Å². The molecule has 130 valence electrons. The average molecular weight is 398 g/mol. The Morgan fingerprint density at radius 1 is 1.48 bits per heavy atom. The summed E-state index contributed by atoms with van der Waals surface area (Å²) in [5.41, 5.74) is 0.638. The Labute approximate surface area is 157 Å². The Morgan fingerprint density at radius 2 is 2.28 bits per heavy atom. The Kier molecular flexibility index (Phi) is 5.39. The van der Waals surface area contributed by atoms with Gasteiger partial charge in [0.05, 0.1) is 23.2 Å². The topological polar surface area (TPSA) is 84.3 Å². The van der Waals surface area contributed by atoms with Gasteiger partial charge in [0.2, 0.25) is 0 Å². The molecule has 3 aromatic rings. The minimum absolute atomic E-state index is 0.0120. The van der Waals surface area contributed by atoms with Crippen LogP contribution in [0.25, 0.3) is 10.9 Å². The largest absolute Gasteiger partial charge is 0.506 e. The first-order valence-corrected chi connectivity index (χ1v) is 8.86. The van der Waals surface area contributed by atoms with Gasteiger partial charge in [0.25, 0.3) is 5.91 Å². The SMILES string of the molecule is COCC(Cl)c1nc2cc(Cl)ccc2c(O)c1C(=O)Nc1nccs1. The summed E-state index contributed by atoms with van der Waals surface area (Å²) in [7, 11) is 1.49. The van der Waals surface area contributed by atoms with Crippen LogP contribution in [0.15, 0.2) is 29.8 Å². The lowest BCUT2D eigenvalue weighted by molar-refractivity contribution is 0.102. The van der Waals surface area contributed by atoms with Crippen LogP contribution in [-0.2, 0) is 4.74 Å². The first-order chi connectivity index (χ1) is 12.0. The van der Waals surface area contributed by atoms with Crippen LogP contribution < -0.4 is 5.32 Å². The molecule has 1 aromatic carbocycles. The number of nitrogens with one attached hydrogen (secondary N) is 1. The number of halogens is 2. The maximum absolute atomic E-state index is 12.7. The van der Waals surface area contributed by atoms with Crippen LogP contribution in [0.5, 0.6) is 5.75 Å². The first kappa shape index (κ1) is 17.9. The minimum Gasteiger partial charge on any atom is -0.506 e. The highest BCUT2D eigenvalue weighted by Crippen LogP contribution is 2.36. The van der Waals surface area contributed by atoms with Crippen molar-refractivity contribution in [3.8, 4) is 5.75 Å². The third-order valence-electron chi connectivity index (χ3n) is 3.44. The van der Waals surface area contributed by atoms with Crippen molar-refractivity contribution < 1.29 is 14.6 Å². The summed E-state index contributed by atoms with van der Waals surface area (Å²) < 4.78 is 5.05. The van der Waals surface area contributed by atoms with Crippen molar-refractivity contribution in [3.05, 3.63) is 46.1 Å². The zero-order valence-electron chi connectivity index (χ0n) is 13.0. The molecule has 1 atom stereocenters. The number of alkyl halides is 1. The van der Waals surface area contributed by atoms with Crippen molar-refractivity contribution in [2.24, 2.45) is 0 Å². The molecule has 1 unspecified atom stereocenters. The fraction of sp³-hybridized carbons (Fsp3) is 0.188. The predicted molar refractivity (Wildman–Crippen MR) is 99.0 cm³/mol. The van der Waals surface area contributed by atoms with E-state index in [9.17, 15) is 9.90 Å². The molecule has 0 bridgehead atoms. The number of thiazole rings is 1. The van der Waals surface area contributed by atoms with Gasteiger partial charge in [-0.3, -0.25) is 10.1 Å². The summed E-state index contributed by atoms with van der Waals surface area (Å²) in [4.78, 5) is 21.1. The van der Waals surface area contributed by atoms with Crippen molar-refractivity contribution in [1.29, 1.82) is 0 Å². The molecule has 0 aliphatic heterocycles. The van der Waals surface area contributed by atoms with Gasteiger partial charge in [-0.05, 0) is 18.2 Å². The number of rotatable bonds is 5. The Morgan fingerprint density at radius 3 is 2.96 bits per heavy atom. The molecule has 3 rings (SSSR count). The van der Waals surface area contributed by atoms with Gasteiger partial charge in [0, 0.05) is 29.1 Å². The third kappa shape index (κ3) is 3.69. The highest BCUT2D eigenvalue weighted by atomic mass is 35.5. The molecule has 2 heterocycles. The fourth-order valence-corrected chi connectivity index (χ4v) is 3.33. The lowest BCUT2D eigenvalue weighted by atomic mass is 10.0. The van der Waals surface area contributed by atoms with E-state index in [0.717, 1.165) is 0 Å². The number of ether oxygens (including phenoxy) is 1. The smallest absolute Gasteiger partial charge is 0.263 e. The van der Waals surface area contributed by atoms with Gasteiger partial charge in [0.15, 0.2) is 5.13 Å². The van der Waals surface area contributed by atoms with Crippen molar-refractivity contribution in [2.45, 2.75) is 5.38 Å². The Bertz CT molecular complexity index is 919. The molecule has 2 N–H and O–H groups in total. The number of carbonyl (C=O) groups is 1. The fourth-order valence-electron chi connectivity index (χ4n) is 2.36. The van der Waals surface area contributed by atoms with Gasteiger partial charge in [-0.1, -0.05) is 11.6 Å². The number of amides is 1. The number of pyridine rings is 1. The van der Waals surface area contributed by atoms with Crippen molar-refractivity contribution >= 4 is 56.5 Å². The number of anilines is 1. The Balaban J connectivity index is 2.16. The molecule has 0 fully saturated rings. The average Bonchev–Trinajstić information content (AvgIpc) is 3.07. The molecule has 0 saturated heterocycles. The number of benzene rings is 1. The van der Waals surface area contributed by atoms with Gasteiger partial charge in [-0.25, -0.2) is 9.97 Å². The van der Waals surface area contributed by atoms with Crippen LogP contribution in [0, 0.1) is 0 Å². The van der Waals surface area contributed by atoms with Crippen molar-refractivity contribution in [2.75, 3.05) is 19.0 Å².